The molecule has 1 aliphatic heterocycles. The van der Waals surface area contributed by atoms with Gasteiger partial charge in [0.15, 0.2) is 0 Å². The molecule has 4 nitrogen and oxygen atoms in total. The van der Waals surface area contributed by atoms with Crippen LogP contribution in [-0.2, 0) is 9.59 Å². The van der Waals surface area contributed by atoms with Gasteiger partial charge in [-0.1, -0.05) is 12.1 Å². The fourth-order valence-electron chi connectivity index (χ4n) is 2.23. The van der Waals surface area contributed by atoms with Crippen molar-refractivity contribution in [2.45, 2.75) is 26.7 Å². The molecule has 1 aromatic carbocycles. The van der Waals surface area contributed by atoms with E-state index in [0.29, 0.717) is 18.7 Å². The Balaban J connectivity index is 2.21. The number of carbonyl (C=O) groups excluding carboxylic acids is 1. The van der Waals surface area contributed by atoms with Crippen LogP contribution in [0.3, 0.4) is 0 Å². The zero-order valence-corrected chi connectivity index (χ0v) is 13.1. The highest BCUT2D eigenvalue weighted by Gasteiger charge is 2.23. The number of hydrogen-bond acceptors (Lipinski definition) is 3. The van der Waals surface area contributed by atoms with Crippen LogP contribution in [0.4, 0.5) is 0 Å². The Bertz CT molecular complexity index is 595. The van der Waals surface area contributed by atoms with Crippen molar-refractivity contribution in [2.24, 2.45) is 0 Å². The van der Waals surface area contributed by atoms with E-state index in [-0.39, 0.29) is 12.3 Å². The number of carboxylic acids is 1. The smallest absolute Gasteiger partial charge is 0.303 e. The molecule has 1 aromatic rings. The van der Waals surface area contributed by atoms with Gasteiger partial charge in [-0.25, -0.2) is 0 Å². The zero-order valence-electron chi connectivity index (χ0n) is 12.3. The number of hydrogen-bond donors (Lipinski definition) is 1. The van der Waals surface area contributed by atoms with E-state index in [1.54, 1.807) is 4.90 Å². The number of carboxylic acid groups (broad SMARTS) is 1. The van der Waals surface area contributed by atoms with Crippen LogP contribution in [0.5, 0.6) is 0 Å². The second-order valence-corrected chi connectivity index (χ2v) is 6.01. The van der Waals surface area contributed by atoms with Crippen molar-refractivity contribution < 1.29 is 14.7 Å². The fourth-order valence-corrected chi connectivity index (χ4v) is 3.03. The lowest BCUT2D eigenvalue weighted by Gasteiger charge is -2.29. The maximum atomic E-state index is 12.1. The normalized spacial score (nSPS) is 15.0. The fraction of sp³-hybridized carbons (Fsp3) is 0.375. The van der Waals surface area contributed by atoms with E-state index in [9.17, 15) is 9.59 Å². The Kier molecular flexibility index (Phi) is 5.07. The highest BCUT2D eigenvalue weighted by Crippen LogP contribution is 2.29. The summed E-state index contributed by atoms with van der Waals surface area (Å²) >= 11 is 1.49. The third-order valence-corrected chi connectivity index (χ3v) is 4.37. The van der Waals surface area contributed by atoms with Crippen LogP contribution in [0.15, 0.2) is 23.6 Å². The average Bonchev–Trinajstić information content (AvgIpc) is 2.43. The average molecular weight is 305 g/mol. The Labute approximate surface area is 128 Å². The number of aryl methyl sites for hydroxylation is 2. The summed E-state index contributed by atoms with van der Waals surface area (Å²) in [7, 11) is 0. The zero-order chi connectivity index (χ0) is 15.4. The van der Waals surface area contributed by atoms with Crippen LogP contribution in [0.25, 0.3) is 5.70 Å². The highest BCUT2D eigenvalue weighted by molar-refractivity contribution is 8.03. The van der Waals surface area contributed by atoms with Crippen molar-refractivity contribution in [3.05, 3.63) is 40.3 Å². The number of carbonyl (C=O) groups is 2. The molecule has 112 valence electrons. The van der Waals surface area contributed by atoms with Gasteiger partial charge in [0.1, 0.15) is 0 Å². The molecule has 1 amide bonds. The molecule has 0 radical (unpaired) electrons. The van der Waals surface area contributed by atoms with Gasteiger partial charge in [0.05, 0.1) is 11.4 Å². The molecule has 1 aliphatic rings. The first-order chi connectivity index (χ1) is 9.99. The number of aliphatic carboxylic acids is 1. The summed E-state index contributed by atoms with van der Waals surface area (Å²) in [5, 5.41) is 10.7. The second kappa shape index (κ2) is 6.80. The molecule has 0 fully saturated rings. The van der Waals surface area contributed by atoms with Crippen molar-refractivity contribution in [3.8, 4) is 0 Å². The summed E-state index contributed by atoms with van der Waals surface area (Å²) in [6.45, 7) is 4.55. The monoisotopic (exact) mass is 305 g/mol. The summed E-state index contributed by atoms with van der Waals surface area (Å²) in [5.41, 5.74) is 4.28. The summed E-state index contributed by atoms with van der Waals surface area (Å²) < 4.78 is 0. The second-order valence-electron chi connectivity index (χ2n) is 5.16. The molecule has 0 unspecified atom stereocenters. The quantitative estimate of drug-likeness (QED) is 0.908. The van der Waals surface area contributed by atoms with Gasteiger partial charge in [-0.05, 0) is 48.4 Å². The van der Waals surface area contributed by atoms with Crippen LogP contribution in [0.2, 0.25) is 0 Å². The van der Waals surface area contributed by atoms with E-state index in [1.807, 2.05) is 24.5 Å². The summed E-state index contributed by atoms with van der Waals surface area (Å²) in [6.07, 6.45) is 0.547. The first kappa shape index (κ1) is 15.6. The van der Waals surface area contributed by atoms with Gasteiger partial charge in [0, 0.05) is 13.0 Å². The largest absolute Gasteiger partial charge is 0.481 e. The Morgan fingerprint density at radius 2 is 2.10 bits per heavy atom. The van der Waals surface area contributed by atoms with Gasteiger partial charge in [-0.2, -0.15) is 0 Å². The van der Waals surface area contributed by atoms with Crippen LogP contribution < -0.4 is 0 Å². The first-order valence-electron chi connectivity index (χ1n) is 6.90. The molecule has 21 heavy (non-hydrogen) atoms. The third kappa shape index (κ3) is 3.88. The molecule has 5 heteroatoms. The predicted octanol–water partition coefficient (Wildman–Crippen LogP) is 3.04. The minimum Gasteiger partial charge on any atom is -0.481 e. The molecule has 0 aromatic heterocycles. The molecule has 0 bridgehead atoms. The van der Waals surface area contributed by atoms with Crippen LogP contribution >= 0.6 is 11.8 Å². The first-order valence-corrected chi connectivity index (χ1v) is 7.95. The summed E-state index contributed by atoms with van der Waals surface area (Å²) in [6, 6.07) is 6.13. The number of rotatable bonds is 5. The van der Waals surface area contributed by atoms with E-state index in [0.717, 1.165) is 11.3 Å². The maximum absolute atomic E-state index is 12.1. The molecule has 1 heterocycles. The van der Waals surface area contributed by atoms with Gasteiger partial charge in [0.25, 0.3) is 0 Å². The lowest BCUT2D eigenvalue weighted by atomic mass is 10.0. The SMILES string of the molecule is Cc1ccc(C2=CSCC(=O)N2CCCC(=O)O)cc1C. The third-order valence-electron chi connectivity index (χ3n) is 3.57. The summed E-state index contributed by atoms with van der Waals surface area (Å²) in [5.74, 6) is -0.367. The van der Waals surface area contributed by atoms with Crippen LogP contribution in [-0.4, -0.2) is 34.2 Å². The molecule has 0 saturated heterocycles. The Hall–Kier alpha value is -1.75. The molecule has 0 saturated carbocycles. The summed E-state index contributed by atoms with van der Waals surface area (Å²) in [4.78, 5) is 24.5. The minimum atomic E-state index is -0.828. The number of benzene rings is 1. The Morgan fingerprint density at radius 1 is 1.33 bits per heavy atom. The van der Waals surface area contributed by atoms with Gasteiger partial charge in [-0.15, -0.1) is 11.8 Å². The van der Waals surface area contributed by atoms with E-state index in [2.05, 4.69) is 13.0 Å². The van der Waals surface area contributed by atoms with Crippen molar-refractivity contribution in [2.75, 3.05) is 12.3 Å². The predicted molar refractivity (Wildman–Crippen MR) is 84.9 cm³/mol. The van der Waals surface area contributed by atoms with E-state index >= 15 is 0 Å². The molecule has 0 spiro atoms. The number of nitrogens with zero attached hydrogens (tertiary/aromatic N) is 1. The van der Waals surface area contributed by atoms with Crippen molar-refractivity contribution in [3.63, 3.8) is 0 Å². The van der Waals surface area contributed by atoms with Crippen molar-refractivity contribution in [1.82, 2.24) is 4.90 Å². The maximum Gasteiger partial charge on any atom is 0.303 e. The molecular weight excluding hydrogens is 286 g/mol. The van der Waals surface area contributed by atoms with Gasteiger partial charge in [-0.3, -0.25) is 9.59 Å². The minimum absolute atomic E-state index is 0.0427. The molecule has 0 aliphatic carbocycles. The molecule has 0 atom stereocenters. The van der Waals surface area contributed by atoms with E-state index < -0.39 is 5.97 Å². The van der Waals surface area contributed by atoms with E-state index in [4.69, 9.17) is 5.11 Å². The molecule has 1 N–H and O–H groups in total. The van der Waals surface area contributed by atoms with Crippen molar-refractivity contribution >= 4 is 29.3 Å². The van der Waals surface area contributed by atoms with Gasteiger partial charge in [0.2, 0.25) is 5.91 Å². The van der Waals surface area contributed by atoms with E-state index in [1.165, 1.54) is 22.9 Å². The van der Waals surface area contributed by atoms with Crippen LogP contribution in [0, 0.1) is 13.8 Å². The Morgan fingerprint density at radius 3 is 2.76 bits per heavy atom. The van der Waals surface area contributed by atoms with Crippen molar-refractivity contribution in [1.29, 1.82) is 0 Å². The standard InChI is InChI=1S/C16H19NO3S/c1-11-5-6-13(8-12(11)2)14-9-21-10-15(18)17(14)7-3-4-16(19)20/h5-6,8-9H,3-4,7,10H2,1-2H3,(H,19,20). The molecular formula is C16H19NO3S. The number of thioether (sulfide) groups is 1. The lowest BCUT2D eigenvalue weighted by Crippen LogP contribution is -2.34. The lowest BCUT2D eigenvalue weighted by molar-refractivity contribution is -0.137. The van der Waals surface area contributed by atoms with Gasteiger partial charge >= 0.3 is 5.97 Å². The topological polar surface area (TPSA) is 57.6 Å². The number of amides is 1. The highest BCUT2D eigenvalue weighted by atomic mass is 32.2. The molecule has 2 rings (SSSR count). The van der Waals surface area contributed by atoms with Crippen LogP contribution in [0.1, 0.15) is 29.5 Å². The van der Waals surface area contributed by atoms with Gasteiger partial charge < -0.3 is 10.0 Å².